The van der Waals surface area contributed by atoms with Crippen LogP contribution < -0.4 is 0 Å². The lowest BCUT2D eigenvalue weighted by Gasteiger charge is -2.15. The Morgan fingerprint density at radius 3 is 1.40 bits per heavy atom. The van der Waals surface area contributed by atoms with E-state index in [1.807, 2.05) is 0 Å². The maximum Gasteiger partial charge on any atom is 0.306 e. The quantitative estimate of drug-likeness (QED) is 0.0513. The highest BCUT2D eigenvalue weighted by atomic mass is 16.6. The summed E-state index contributed by atoms with van der Waals surface area (Å²) in [6.45, 7) is 4.01. The van der Waals surface area contributed by atoms with E-state index in [9.17, 15) is 14.7 Å². The van der Waals surface area contributed by atoms with Crippen LogP contribution in [0.25, 0.3) is 0 Å². The lowest BCUT2D eigenvalue weighted by molar-refractivity contribution is -0.161. The molecule has 0 saturated heterocycles. The molecule has 242 valence electrons. The van der Waals surface area contributed by atoms with E-state index in [0.717, 1.165) is 70.6 Å². The van der Waals surface area contributed by atoms with Crippen LogP contribution in [0.1, 0.15) is 155 Å². The van der Waals surface area contributed by atoms with E-state index < -0.39 is 6.10 Å². The van der Waals surface area contributed by atoms with Gasteiger partial charge in [0.1, 0.15) is 6.61 Å². The standard InChI is InChI=1S/C37H64O5/c1-3-5-7-9-11-13-15-17-19-21-23-25-27-29-31-36(39)41-34-35(33-38)42-37(40)32-30-28-26-24-22-20-18-16-14-12-10-8-6-4-2/h9-12,15-18,35,38H,3-8,13-14,19-34H2,1-2H3/b11-9-,12-10-,17-15-,18-16-. The summed E-state index contributed by atoms with van der Waals surface area (Å²) >= 11 is 0. The molecule has 0 aliphatic carbocycles. The minimum Gasteiger partial charge on any atom is -0.462 e. The molecular formula is C37H64O5. The Hall–Kier alpha value is -2.14. The fraction of sp³-hybridized carbons (Fsp3) is 0.730. The van der Waals surface area contributed by atoms with Gasteiger partial charge in [-0.05, 0) is 64.2 Å². The molecule has 1 unspecified atom stereocenters. The Balaban J connectivity index is 3.65. The molecule has 0 aliphatic heterocycles. The third-order valence-corrected chi connectivity index (χ3v) is 7.10. The Morgan fingerprint density at radius 1 is 0.548 bits per heavy atom. The summed E-state index contributed by atoms with van der Waals surface area (Å²) in [6.07, 6.45) is 40.1. The first-order valence-electron chi connectivity index (χ1n) is 17.2. The molecule has 0 amide bonds. The first kappa shape index (κ1) is 39.9. The predicted octanol–water partition coefficient (Wildman–Crippen LogP) is 10.3. The largest absolute Gasteiger partial charge is 0.462 e. The molecule has 0 heterocycles. The topological polar surface area (TPSA) is 72.8 Å². The molecule has 1 atom stereocenters. The van der Waals surface area contributed by atoms with Crippen LogP contribution in [0.2, 0.25) is 0 Å². The monoisotopic (exact) mass is 588 g/mol. The molecule has 0 aromatic carbocycles. The van der Waals surface area contributed by atoms with Gasteiger partial charge in [-0.1, -0.05) is 127 Å². The number of carbonyl (C=O) groups is 2. The second-order valence-corrected chi connectivity index (χ2v) is 11.2. The Bertz CT molecular complexity index is 722. The number of esters is 2. The third kappa shape index (κ3) is 30.8. The van der Waals surface area contributed by atoms with Gasteiger partial charge in [-0.15, -0.1) is 0 Å². The van der Waals surface area contributed by atoms with Crippen molar-refractivity contribution >= 4 is 11.9 Å². The van der Waals surface area contributed by atoms with Gasteiger partial charge in [-0.2, -0.15) is 0 Å². The van der Waals surface area contributed by atoms with E-state index in [1.54, 1.807) is 0 Å². The molecule has 0 spiro atoms. The van der Waals surface area contributed by atoms with Gasteiger partial charge in [0.15, 0.2) is 6.10 Å². The zero-order valence-electron chi connectivity index (χ0n) is 27.2. The molecule has 0 radical (unpaired) electrons. The summed E-state index contributed by atoms with van der Waals surface area (Å²) < 4.78 is 10.5. The number of hydrogen-bond donors (Lipinski definition) is 1. The molecule has 0 rings (SSSR count). The van der Waals surface area contributed by atoms with Gasteiger partial charge in [0, 0.05) is 12.8 Å². The summed E-state index contributed by atoms with van der Waals surface area (Å²) in [7, 11) is 0. The molecule has 0 aromatic rings. The van der Waals surface area contributed by atoms with Gasteiger partial charge in [-0.25, -0.2) is 0 Å². The molecule has 0 aromatic heterocycles. The SMILES string of the molecule is CCCC/C=C\C/C=C\CCCCCCCC(=O)OCC(CO)OC(=O)CCCCCCC/C=C\C/C=C\CCCC. The molecule has 0 fully saturated rings. The van der Waals surface area contributed by atoms with Crippen molar-refractivity contribution in [3.63, 3.8) is 0 Å². The van der Waals surface area contributed by atoms with Crippen LogP contribution in [0.4, 0.5) is 0 Å². The minimum atomic E-state index is -0.783. The van der Waals surface area contributed by atoms with Crippen LogP contribution in [0.3, 0.4) is 0 Å². The van der Waals surface area contributed by atoms with E-state index in [1.165, 1.54) is 57.8 Å². The lowest BCUT2D eigenvalue weighted by Crippen LogP contribution is -2.28. The van der Waals surface area contributed by atoms with Crippen LogP contribution >= 0.6 is 0 Å². The Kier molecular flexibility index (Phi) is 31.7. The number of ether oxygens (including phenoxy) is 2. The normalized spacial score (nSPS) is 12.7. The summed E-state index contributed by atoms with van der Waals surface area (Å²) in [4.78, 5) is 24.1. The molecule has 5 heteroatoms. The average Bonchev–Trinajstić information content (AvgIpc) is 2.99. The number of rotatable bonds is 30. The first-order valence-corrected chi connectivity index (χ1v) is 17.2. The van der Waals surface area contributed by atoms with Crippen LogP contribution in [0.5, 0.6) is 0 Å². The van der Waals surface area contributed by atoms with E-state index >= 15 is 0 Å². The van der Waals surface area contributed by atoms with E-state index in [2.05, 4.69) is 62.5 Å². The van der Waals surface area contributed by atoms with Gasteiger partial charge >= 0.3 is 11.9 Å². The highest BCUT2D eigenvalue weighted by molar-refractivity contribution is 5.70. The molecule has 0 saturated carbocycles. The molecule has 0 aliphatic rings. The van der Waals surface area contributed by atoms with Gasteiger partial charge in [0.05, 0.1) is 6.61 Å². The summed E-state index contributed by atoms with van der Waals surface area (Å²) in [6, 6.07) is 0. The van der Waals surface area contributed by atoms with Crippen LogP contribution in [-0.2, 0) is 19.1 Å². The number of allylic oxidation sites excluding steroid dienone is 8. The number of aliphatic hydroxyl groups excluding tert-OH is 1. The molecule has 0 bridgehead atoms. The molecule has 5 nitrogen and oxygen atoms in total. The average molecular weight is 589 g/mol. The highest BCUT2D eigenvalue weighted by Crippen LogP contribution is 2.11. The summed E-state index contributed by atoms with van der Waals surface area (Å²) in [5.74, 6) is -0.629. The Labute approximate surface area is 258 Å². The number of aliphatic hydroxyl groups is 1. The van der Waals surface area contributed by atoms with Crippen molar-refractivity contribution in [2.75, 3.05) is 13.2 Å². The lowest BCUT2D eigenvalue weighted by atomic mass is 10.1. The predicted molar refractivity (Wildman–Crippen MR) is 177 cm³/mol. The zero-order chi connectivity index (χ0) is 30.8. The van der Waals surface area contributed by atoms with E-state index in [-0.39, 0.29) is 25.2 Å². The van der Waals surface area contributed by atoms with Crippen LogP contribution in [0, 0.1) is 0 Å². The number of hydrogen-bond acceptors (Lipinski definition) is 5. The second kappa shape index (κ2) is 33.4. The smallest absolute Gasteiger partial charge is 0.306 e. The number of unbranched alkanes of at least 4 members (excludes halogenated alkanes) is 14. The Morgan fingerprint density at radius 2 is 0.952 bits per heavy atom. The zero-order valence-corrected chi connectivity index (χ0v) is 27.2. The van der Waals surface area contributed by atoms with Crippen molar-refractivity contribution in [1.29, 1.82) is 0 Å². The van der Waals surface area contributed by atoms with Crippen molar-refractivity contribution in [3.05, 3.63) is 48.6 Å². The minimum absolute atomic E-state index is 0.0801. The summed E-state index contributed by atoms with van der Waals surface area (Å²) in [5, 5.41) is 9.50. The van der Waals surface area contributed by atoms with Crippen LogP contribution in [0.15, 0.2) is 48.6 Å². The van der Waals surface area contributed by atoms with Crippen LogP contribution in [-0.4, -0.2) is 36.4 Å². The van der Waals surface area contributed by atoms with Crippen molar-refractivity contribution in [2.45, 2.75) is 161 Å². The number of carbonyl (C=O) groups excluding carboxylic acids is 2. The van der Waals surface area contributed by atoms with Crippen molar-refractivity contribution in [2.24, 2.45) is 0 Å². The fourth-order valence-corrected chi connectivity index (χ4v) is 4.41. The molecule has 42 heavy (non-hydrogen) atoms. The van der Waals surface area contributed by atoms with Crippen molar-refractivity contribution in [1.82, 2.24) is 0 Å². The molecule has 1 N–H and O–H groups in total. The van der Waals surface area contributed by atoms with Gasteiger partial charge < -0.3 is 14.6 Å². The summed E-state index contributed by atoms with van der Waals surface area (Å²) in [5.41, 5.74) is 0. The van der Waals surface area contributed by atoms with Crippen molar-refractivity contribution in [3.8, 4) is 0 Å². The van der Waals surface area contributed by atoms with E-state index in [4.69, 9.17) is 9.47 Å². The second-order valence-electron chi connectivity index (χ2n) is 11.2. The van der Waals surface area contributed by atoms with E-state index in [0.29, 0.717) is 12.8 Å². The molecular weight excluding hydrogens is 524 g/mol. The maximum atomic E-state index is 12.1. The van der Waals surface area contributed by atoms with Gasteiger partial charge in [0.2, 0.25) is 0 Å². The van der Waals surface area contributed by atoms with Gasteiger partial charge in [0.25, 0.3) is 0 Å². The third-order valence-electron chi connectivity index (χ3n) is 7.10. The highest BCUT2D eigenvalue weighted by Gasteiger charge is 2.16. The maximum absolute atomic E-state index is 12.1. The fourth-order valence-electron chi connectivity index (χ4n) is 4.41. The van der Waals surface area contributed by atoms with Crippen molar-refractivity contribution < 1.29 is 24.2 Å². The van der Waals surface area contributed by atoms with Gasteiger partial charge in [-0.3, -0.25) is 9.59 Å². The first-order chi connectivity index (χ1) is 20.6.